The molecule has 3 nitrogen and oxygen atoms in total. The molecule has 0 aliphatic carbocycles. The first-order chi connectivity index (χ1) is 8.79. The van der Waals surface area contributed by atoms with E-state index in [4.69, 9.17) is 5.73 Å². The van der Waals surface area contributed by atoms with Gasteiger partial charge in [0.15, 0.2) is 0 Å². The maximum absolute atomic E-state index is 5.96. The Balaban J connectivity index is 1.89. The van der Waals surface area contributed by atoms with E-state index in [9.17, 15) is 0 Å². The Hall–Kier alpha value is -1.23. The minimum absolute atomic E-state index is 0.337. The molecule has 0 saturated carbocycles. The molecule has 1 aliphatic heterocycles. The first kappa shape index (κ1) is 11.8. The van der Waals surface area contributed by atoms with Gasteiger partial charge in [-0.2, -0.15) is 0 Å². The van der Waals surface area contributed by atoms with Crippen LogP contribution in [-0.2, 0) is 13.1 Å². The molecule has 2 aromatic rings. The van der Waals surface area contributed by atoms with Crippen LogP contribution in [0.2, 0.25) is 0 Å². The zero-order valence-electron chi connectivity index (χ0n) is 10.5. The van der Waals surface area contributed by atoms with Gasteiger partial charge in [0.05, 0.1) is 6.54 Å². The van der Waals surface area contributed by atoms with E-state index >= 15 is 0 Å². The highest BCUT2D eigenvalue weighted by Crippen LogP contribution is 2.35. The van der Waals surface area contributed by atoms with Gasteiger partial charge >= 0.3 is 0 Å². The summed E-state index contributed by atoms with van der Waals surface area (Å²) in [5, 5.41) is 3.19. The molecule has 4 heteroatoms. The minimum Gasteiger partial charge on any atom is -0.329 e. The minimum atomic E-state index is 0.337. The molecule has 0 radical (unpaired) electrons. The first-order valence-electron chi connectivity index (χ1n) is 6.20. The Bertz CT molecular complexity index is 536. The zero-order valence-corrected chi connectivity index (χ0v) is 11.3. The summed E-state index contributed by atoms with van der Waals surface area (Å²) < 4.78 is 0. The van der Waals surface area contributed by atoms with Crippen LogP contribution in [0.3, 0.4) is 0 Å². The van der Waals surface area contributed by atoms with Crippen LogP contribution in [0, 0.1) is 6.92 Å². The molecule has 2 N–H and O–H groups in total. The average Bonchev–Trinajstić information content (AvgIpc) is 2.97. The summed E-state index contributed by atoms with van der Waals surface area (Å²) in [6.45, 7) is 4.73. The van der Waals surface area contributed by atoms with Crippen molar-refractivity contribution in [3.05, 3.63) is 51.5 Å². The van der Waals surface area contributed by atoms with Gasteiger partial charge in [-0.3, -0.25) is 4.90 Å². The fraction of sp³-hybridized carbons (Fsp3) is 0.357. The van der Waals surface area contributed by atoms with Crippen LogP contribution in [-0.4, -0.2) is 16.4 Å². The number of benzene rings is 1. The highest BCUT2D eigenvalue weighted by molar-refractivity contribution is 7.09. The number of aryl methyl sites for hydroxylation is 1. The molecule has 1 aromatic heterocycles. The summed E-state index contributed by atoms with van der Waals surface area (Å²) in [5.41, 5.74) is 10.2. The lowest BCUT2D eigenvalue weighted by atomic mass is 10.0. The Kier molecular flexibility index (Phi) is 3.16. The van der Waals surface area contributed by atoms with Crippen LogP contribution in [0.1, 0.15) is 27.7 Å². The second kappa shape index (κ2) is 4.80. The lowest BCUT2D eigenvalue weighted by Gasteiger charge is -2.22. The molecule has 94 valence electrons. The van der Waals surface area contributed by atoms with Gasteiger partial charge in [0, 0.05) is 30.7 Å². The number of aromatic nitrogens is 1. The Morgan fingerprint density at radius 2 is 2.39 bits per heavy atom. The molecule has 0 spiro atoms. The van der Waals surface area contributed by atoms with Crippen molar-refractivity contribution >= 4 is 11.3 Å². The molecular formula is C14H17N3S. The van der Waals surface area contributed by atoms with E-state index in [0.29, 0.717) is 12.6 Å². The van der Waals surface area contributed by atoms with Gasteiger partial charge in [-0.15, -0.1) is 11.3 Å². The van der Waals surface area contributed by atoms with Crippen LogP contribution < -0.4 is 5.73 Å². The van der Waals surface area contributed by atoms with Crippen molar-refractivity contribution < 1.29 is 0 Å². The third-order valence-corrected chi connectivity index (χ3v) is 4.42. The predicted octanol–water partition coefficient (Wildman–Crippen LogP) is 2.47. The summed E-state index contributed by atoms with van der Waals surface area (Å²) in [5.74, 6) is 0. The molecule has 1 aliphatic rings. The van der Waals surface area contributed by atoms with E-state index in [1.54, 1.807) is 11.3 Å². The van der Waals surface area contributed by atoms with E-state index in [-0.39, 0.29) is 0 Å². The lowest BCUT2D eigenvalue weighted by molar-refractivity contribution is 0.210. The largest absolute Gasteiger partial charge is 0.329 e. The highest BCUT2D eigenvalue weighted by Gasteiger charge is 2.30. The van der Waals surface area contributed by atoms with E-state index in [1.165, 1.54) is 21.7 Å². The van der Waals surface area contributed by atoms with Gasteiger partial charge in [0.2, 0.25) is 0 Å². The van der Waals surface area contributed by atoms with Crippen molar-refractivity contribution in [3.63, 3.8) is 0 Å². The van der Waals surface area contributed by atoms with Crippen molar-refractivity contribution in [2.45, 2.75) is 26.1 Å². The molecule has 0 amide bonds. The topological polar surface area (TPSA) is 42.2 Å². The van der Waals surface area contributed by atoms with Gasteiger partial charge in [0.25, 0.3) is 0 Å². The van der Waals surface area contributed by atoms with E-state index in [0.717, 1.165) is 13.1 Å². The molecule has 0 saturated heterocycles. The molecule has 1 unspecified atom stereocenters. The number of thiazole rings is 1. The molecule has 2 heterocycles. The fourth-order valence-corrected chi connectivity index (χ4v) is 3.35. The Morgan fingerprint density at radius 1 is 1.50 bits per heavy atom. The molecule has 0 bridgehead atoms. The van der Waals surface area contributed by atoms with Gasteiger partial charge in [-0.25, -0.2) is 4.98 Å². The molecule has 1 aromatic carbocycles. The van der Waals surface area contributed by atoms with Gasteiger partial charge in [0.1, 0.15) is 5.01 Å². The van der Waals surface area contributed by atoms with Crippen molar-refractivity contribution in [3.8, 4) is 0 Å². The van der Waals surface area contributed by atoms with Crippen LogP contribution in [0.25, 0.3) is 0 Å². The quantitative estimate of drug-likeness (QED) is 0.920. The van der Waals surface area contributed by atoms with E-state index in [1.807, 2.05) is 11.6 Å². The van der Waals surface area contributed by atoms with Crippen molar-refractivity contribution in [1.29, 1.82) is 0 Å². The number of nitrogens with two attached hydrogens (primary N) is 1. The van der Waals surface area contributed by atoms with Crippen molar-refractivity contribution in [2.75, 3.05) is 6.54 Å². The number of hydrogen-bond acceptors (Lipinski definition) is 4. The van der Waals surface area contributed by atoms with Crippen LogP contribution in [0.5, 0.6) is 0 Å². The Morgan fingerprint density at radius 3 is 3.11 bits per heavy atom. The highest BCUT2D eigenvalue weighted by atomic mass is 32.1. The Labute approximate surface area is 111 Å². The van der Waals surface area contributed by atoms with Crippen LogP contribution >= 0.6 is 11.3 Å². The molecule has 1 atom stereocenters. The van der Waals surface area contributed by atoms with Gasteiger partial charge in [-0.05, 0) is 23.6 Å². The van der Waals surface area contributed by atoms with Crippen molar-refractivity contribution in [1.82, 2.24) is 9.88 Å². The lowest BCUT2D eigenvalue weighted by Crippen LogP contribution is -2.27. The summed E-state index contributed by atoms with van der Waals surface area (Å²) in [6, 6.07) is 6.86. The summed E-state index contributed by atoms with van der Waals surface area (Å²) in [6.07, 6.45) is 1.87. The fourth-order valence-electron chi connectivity index (χ4n) is 2.71. The summed E-state index contributed by atoms with van der Waals surface area (Å²) >= 11 is 1.71. The maximum atomic E-state index is 5.96. The normalized spacial score (nSPS) is 19.1. The third kappa shape index (κ3) is 1.96. The molecule has 3 rings (SSSR count). The van der Waals surface area contributed by atoms with E-state index in [2.05, 4.69) is 35.0 Å². The monoisotopic (exact) mass is 259 g/mol. The third-order valence-electron chi connectivity index (χ3n) is 3.65. The van der Waals surface area contributed by atoms with Crippen LogP contribution in [0.15, 0.2) is 29.8 Å². The van der Waals surface area contributed by atoms with E-state index < -0.39 is 0 Å². The standard InChI is InChI=1S/C14H17N3S/c1-10-3-2-4-11-12(10)8-17(13(11)7-15)9-14-16-5-6-18-14/h2-6,13H,7-9,15H2,1H3. The maximum Gasteiger partial charge on any atom is 0.107 e. The SMILES string of the molecule is Cc1cccc2c1CN(Cc1nccs1)C2CN. The number of rotatable bonds is 3. The average molecular weight is 259 g/mol. The summed E-state index contributed by atoms with van der Waals surface area (Å²) in [4.78, 5) is 6.80. The smallest absolute Gasteiger partial charge is 0.107 e. The number of hydrogen-bond donors (Lipinski definition) is 1. The van der Waals surface area contributed by atoms with Crippen molar-refractivity contribution in [2.24, 2.45) is 5.73 Å². The number of nitrogens with zero attached hydrogens (tertiary/aromatic N) is 2. The molecular weight excluding hydrogens is 242 g/mol. The molecule has 0 fully saturated rings. The second-order valence-electron chi connectivity index (χ2n) is 4.73. The first-order valence-corrected chi connectivity index (χ1v) is 7.08. The van der Waals surface area contributed by atoms with Gasteiger partial charge < -0.3 is 5.73 Å². The van der Waals surface area contributed by atoms with Gasteiger partial charge in [-0.1, -0.05) is 18.2 Å². The van der Waals surface area contributed by atoms with Crippen LogP contribution in [0.4, 0.5) is 0 Å². The molecule has 18 heavy (non-hydrogen) atoms. The number of fused-ring (bicyclic) bond motifs is 1. The zero-order chi connectivity index (χ0) is 12.5. The second-order valence-corrected chi connectivity index (χ2v) is 5.70. The predicted molar refractivity (Wildman–Crippen MR) is 74.3 cm³/mol. The summed E-state index contributed by atoms with van der Waals surface area (Å²) in [7, 11) is 0.